The van der Waals surface area contributed by atoms with Crippen LogP contribution in [0.5, 0.6) is 0 Å². The molecule has 3 aliphatic heterocycles. The van der Waals surface area contributed by atoms with E-state index >= 15 is 0 Å². The van der Waals surface area contributed by atoms with Crippen molar-refractivity contribution in [3.05, 3.63) is 89.5 Å². The fraction of sp³-hybridized carbons (Fsp3) is 0.725. The van der Waals surface area contributed by atoms with Crippen LogP contribution in [0.3, 0.4) is 0 Å². The molecule has 0 N–H and O–H groups in total. The zero-order valence-electron chi connectivity index (χ0n) is 56.7. The summed E-state index contributed by atoms with van der Waals surface area (Å²) in [4.78, 5) is 18.4. The molecule has 88 heavy (non-hydrogen) atoms. The van der Waals surface area contributed by atoms with Crippen LogP contribution in [0.1, 0.15) is 210 Å². The zero-order valence-corrected chi connectivity index (χ0v) is 59.9. The van der Waals surface area contributed by atoms with E-state index in [-0.39, 0.29) is 36.1 Å². The van der Waals surface area contributed by atoms with Crippen LogP contribution in [0.25, 0.3) is 0 Å². The molecule has 0 aromatic heterocycles. The number of carbonyl (C=O) groups excluding carboxylic acids is 1. The Kier molecular flexibility index (Phi) is 31.0. The molecule has 0 radical (unpaired) electrons. The Morgan fingerprint density at radius 2 is 0.682 bits per heavy atom. The van der Waals surface area contributed by atoms with Gasteiger partial charge >= 0.3 is 0 Å². The molecule has 0 saturated carbocycles. The molecule has 15 nitrogen and oxygen atoms in total. The SMILES string of the molecule is CC(=O)N1CCN(c2ccc(CCCCCCCS(=O)(=O)C(C)(C)C)cc2)CC1.C[C@@H]1CN(S(=O)(=O)c2ccc(CCCCCCCS(=O)(=O)C(C)(C)C)cc2)C[C@H](C)O1.C[C@@H]1CN(c2ccc(CCCCCCCS(=O)(=O)C(C)(C)C)cc2)C[C@@H](C)O1. The Bertz CT molecular complexity index is 2960. The first kappa shape index (κ1) is 76.9. The molecule has 0 bridgehead atoms. The molecule has 1 amide bonds. The first-order valence-corrected chi connectivity index (χ1v) is 39.4. The van der Waals surface area contributed by atoms with Crippen LogP contribution >= 0.6 is 0 Å². The molecule has 0 aliphatic carbocycles. The van der Waals surface area contributed by atoms with Crippen molar-refractivity contribution < 1.29 is 47.9 Å². The molecule has 3 aromatic rings. The normalized spacial score (nSPS) is 19.4. The van der Waals surface area contributed by atoms with Crippen molar-refractivity contribution in [1.82, 2.24) is 9.21 Å². The molecule has 3 saturated heterocycles. The van der Waals surface area contributed by atoms with E-state index in [0.717, 1.165) is 154 Å². The average molecular weight is 1310 g/mol. The number of rotatable bonds is 28. The fourth-order valence-electron chi connectivity index (χ4n) is 11.1. The van der Waals surface area contributed by atoms with Gasteiger partial charge in [-0.3, -0.25) is 4.79 Å². The number of nitrogens with zero attached hydrogens (tertiary/aromatic N) is 4. The van der Waals surface area contributed by atoms with Crippen LogP contribution < -0.4 is 9.80 Å². The van der Waals surface area contributed by atoms with E-state index in [1.54, 1.807) is 81.4 Å². The average Bonchev–Trinajstić information content (AvgIpc) is 2.63. The summed E-state index contributed by atoms with van der Waals surface area (Å²) >= 11 is 0. The highest BCUT2D eigenvalue weighted by molar-refractivity contribution is 7.93. The third-order valence-corrected chi connectivity index (χ3v) is 27.1. The van der Waals surface area contributed by atoms with Crippen LogP contribution in [0, 0.1) is 0 Å². The molecule has 3 aliphatic rings. The Balaban J connectivity index is 0.000000283. The minimum atomic E-state index is -3.50. The fourth-order valence-corrected chi connectivity index (χ4v) is 16.3. The van der Waals surface area contributed by atoms with Gasteiger partial charge in [0.05, 0.1) is 60.8 Å². The molecule has 0 spiro atoms. The summed E-state index contributed by atoms with van der Waals surface area (Å²) in [5, 5.41) is 0. The first-order valence-electron chi connectivity index (χ1n) is 33.0. The lowest BCUT2D eigenvalue weighted by Crippen LogP contribution is -2.48. The van der Waals surface area contributed by atoms with Crippen molar-refractivity contribution in [2.45, 2.75) is 256 Å². The third-order valence-electron chi connectivity index (χ3n) is 17.1. The molecule has 3 fully saturated rings. The van der Waals surface area contributed by atoms with Crippen molar-refractivity contribution in [3.63, 3.8) is 0 Å². The maximum absolute atomic E-state index is 12.9. The van der Waals surface area contributed by atoms with Gasteiger partial charge in [0, 0.05) is 70.7 Å². The molecular formula is C69H116N4O11S4. The van der Waals surface area contributed by atoms with Crippen LogP contribution in [-0.2, 0) is 73.1 Å². The smallest absolute Gasteiger partial charge is 0.243 e. The van der Waals surface area contributed by atoms with Crippen molar-refractivity contribution in [2.75, 3.05) is 79.4 Å². The summed E-state index contributed by atoms with van der Waals surface area (Å²) in [6.45, 7) is 31.7. The standard InChI is InChI=1S/C23H38N2O3S.C23H39NO5S2.C23H39NO3S/c1-20(26)24-15-17-25(18-16-24)22-13-11-21(12-14-22)10-8-6-5-7-9-19-29(27,28)23(2,3)4;1-19-17-24(18-20(2)29-19)31(27,28)22-14-12-21(13-15-22)11-9-7-6-8-10-16-30(25,26)23(3,4)5;1-19-17-24(18-20(2)27-19)22-14-12-21(13-15-22)11-9-7-6-8-10-16-28(25,26)23(3,4)5/h11-14H,5-10,15-19H2,1-4H3;12-15,19-20H,6-11,16-18H2,1-5H3;12-15,19-20H,6-11,16-18H2,1-5H3/t;19-,20+;19-,20-/m..1/s1. The van der Waals surface area contributed by atoms with E-state index in [1.165, 1.54) is 26.8 Å². The minimum Gasteiger partial charge on any atom is -0.373 e. The predicted octanol–water partition coefficient (Wildman–Crippen LogP) is 13.3. The second-order valence-corrected chi connectivity index (χ2v) is 38.6. The Hall–Kier alpha value is -3.59. The molecule has 6 rings (SSSR count). The number of sulfonamides is 1. The molecular weight excluding hydrogens is 1190 g/mol. The third kappa shape index (κ3) is 26.2. The predicted molar refractivity (Wildman–Crippen MR) is 366 cm³/mol. The van der Waals surface area contributed by atoms with Crippen LogP contribution in [0.4, 0.5) is 11.4 Å². The summed E-state index contributed by atoms with van der Waals surface area (Å²) in [6, 6.07) is 25.0. The molecule has 19 heteroatoms. The van der Waals surface area contributed by atoms with Crippen LogP contribution in [0.2, 0.25) is 0 Å². The van der Waals surface area contributed by atoms with E-state index < -0.39 is 53.8 Å². The number of hydrogen-bond acceptors (Lipinski definition) is 13. The first-order chi connectivity index (χ1) is 41.0. The number of benzene rings is 3. The van der Waals surface area contributed by atoms with Crippen molar-refractivity contribution in [2.24, 2.45) is 0 Å². The van der Waals surface area contributed by atoms with Gasteiger partial charge in [-0.15, -0.1) is 0 Å². The van der Waals surface area contributed by atoms with Crippen molar-refractivity contribution >= 4 is 56.8 Å². The van der Waals surface area contributed by atoms with Crippen molar-refractivity contribution in [3.8, 4) is 0 Å². The van der Waals surface area contributed by atoms with Gasteiger partial charge in [-0.2, -0.15) is 4.31 Å². The summed E-state index contributed by atoms with van der Waals surface area (Å²) in [5.74, 6) is 1.04. The Morgan fingerprint density at radius 3 is 1.00 bits per heavy atom. The van der Waals surface area contributed by atoms with Gasteiger partial charge in [0.25, 0.3) is 0 Å². The largest absolute Gasteiger partial charge is 0.373 e. The van der Waals surface area contributed by atoms with Gasteiger partial charge in [0.15, 0.2) is 29.5 Å². The monoisotopic (exact) mass is 1300 g/mol. The van der Waals surface area contributed by atoms with Crippen LogP contribution in [-0.4, -0.2) is 157 Å². The van der Waals surface area contributed by atoms with Gasteiger partial charge in [-0.25, -0.2) is 33.7 Å². The number of aryl methyl sites for hydroxylation is 3. The number of ether oxygens (including phenoxy) is 2. The molecule has 502 valence electrons. The van der Waals surface area contributed by atoms with Gasteiger partial charge in [0.2, 0.25) is 15.9 Å². The zero-order chi connectivity index (χ0) is 65.6. The Labute approximate surface area is 535 Å². The maximum atomic E-state index is 12.9. The van der Waals surface area contributed by atoms with Gasteiger partial charge in [-0.1, -0.05) is 94.2 Å². The van der Waals surface area contributed by atoms with Gasteiger partial charge < -0.3 is 24.2 Å². The lowest BCUT2D eigenvalue weighted by atomic mass is 10.0. The van der Waals surface area contributed by atoms with Gasteiger partial charge in [0.1, 0.15) is 0 Å². The second kappa shape index (κ2) is 35.4. The molecule has 3 heterocycles. The topological polar surface area (TPSA) is 185 Å². The summed E-state index contributed by atoms with van der Waals surface area (Å²) in [6.07, 6.45) is 18.5. The van der Waals surface area contributed by atoms with E-state index in [2.05, 4.69) is 72.2 Å². The summed E-state index contributed by atoms with van der Waals surface area (Å²) in [7, 11) is -12.5. The number of morpholine rings is 2. The van der Waals surface area contributed by atoms with Gasteiger partial charge in [-0.05, 0) is 201 Å². The van der Waals surface area contributed by atoms with E-state index in [9.17, 15) is 38.5 Å². The second-order valence-electron chi connectivity index (χ2n) is 28.1. The molecule has 4 atom stereocenters. The number of carbonyl (C=O) groups is 1. The number of sulfone groups is 3. The highest BCUT2D eigenvalue weighted by atomic mass is 32.2. The number of anilines is 2. The molecule has 3 aromatic carbocycles. The number of amides is 1. The lowest BCUT2D eigenvalue weighted by Gasteiger charge is -2.36. The van der Waals surface area contributed by atoms with Crippen LogP contribution in [0.15, 0.2) is 77.7 Å². The Morgan fingerprint density at radius 1 is 0.398 bits per heavy atom. The number of hydrogen-bond donors (Lipinski definition) is 0. The van der Waals surface area contributed by atoms with E-state index in [1.807, 2.05) is 30.9 Å². The minimum absolute atomic E-state index is 0.105. The highest BCUT2D eigenvalue weighted by Crippen LogP contribution is 2.26. The van der Waals surface area contributed by atoms with E-state index in [0.29, 0.717) is 35.9 Å². The quantitative estimate of drug-likeness (QED) is 0.0626. The lowest BCUT2D eigenvalue weighted by molar-refractivity contribution is -0.129. The van der Waals surface area contributed by atoms with E-state index in [4.69, 9.17) is 9.47 Å². The summed E-state index contributed by atoms with van der Waals surface area (Å²) in [5.41, 5.74) is 6.38. The maximum Gasteiger partial charge on any atom is 0.243 e. The number of piperazine rings is 1. The summed E-state index contributed by atoms with van der Waals surface area (Å²) < 4.78 is 109. The van der Waals surface area contributed by atoms with Crippen molar-refractivity contribution in [1.29, 1.82) is 0 Å². The molecule has 0 unspecified atom stereocenters. The number of unbranched alkanes of at least 4 members (excludes halogenated alkanes) is 12. The highest BCUT2D eigenvalue weighted by Gasteiger charge is 2.33.